The van der Waals surface area contributed by atoms with E-state index in [0.29, 0.717) is 62.9 Å². The first kappa shape index (κ1) is 46.6. The molecule has 62 heavy (non-hydrogen) atoms. The number of hydrogen-bond donors (Lipinski definition) is 2. The molecule has 5 aliphatic rings. The third-order valence-electron chi connectivity index (χ3n) is 13.0. The van der Waals surface area contributed by atoms with E-state index in [1.54, 1.807) is 4.90 Å². The number of para-hydroxylation sites is 1. The second-order valence-corrected chi connectivity index (χ2v) is 17.1. The molecule has 4 saturated heterocycles. The van der Waals surface area contributed by atoms with Crippen LogP contribution in [0.4, 0.5) is 15.3 Å². The van der Waals surface area contributed by atoms with Gasteiger partial charge in [0.1, 0.15) is 6.04 Å². The number of benzene rings is 2. The van der Waals surface area contributed by atoms with Gasteiger partial charge >= 0.3 is 23.8 Å². The van der Waals surface area contributed by atoms with Gasteiger partial charge in [0, 0.05) is 76.0 Å². The number of oxazole rings is 1. The van der Waals surface area contributed by atoms with E-state index < -0.39 is 5.76 Å². The van der Waals surface area contributed by atoms with Crippen LogP contribution in [-0.2, 0) is 36.6 Å². The number of aromatic amines is 1. The fraction of sp³-hybridized carbons (Fsp3) is 0.630. The van der Waals surface area contributed by atoms with Gasteiger partial charge in [-0.05, 0) is 100 Å². The summed E-state index contributed by atoms with van der Waals surface area (Å²) in [5.74, 6) is -0.572. The van der Waals surface area contributed by atoms with E-state index in [9.17, 15) is 24.0 Å². The Bertz CT molecular complexity index is 2030. The summed E-state index contributed by atoms with van der Waals surface area (Å²) in [7, 11) is 1.40. The number of ether oxygens (including phenoxy) is 3. The van der Waals surface area contributed by atoms with Crippen molar-refractivity contribution >= 4 is 40.8 Å². The number of aryl methyl sites for hydroxylation is 1. The number of carbonyl (C=O) groups is 4. The first-order chi connectivity index (χ1) is 29.6. The van der Waals surface area contributed by atoms with Gasteiger partial charge in [-0.15, -0.1) is 0 Å². The third kappa shape index (κ3) is 11.5. The highest BCUT2D eigenvalue weighted by Crippen LogP contribution is 2.29. The van der Waals surface area contributed by atoms with Crippen LogP contribution in [0.25, 0.3) is 11.1 Å². The second kappa shape index (κ2) is 21.9. The zero-order valence-electron chi connectivity index (χ0n) is 36.0. The minimum Gasteiger partial charge on any atom is -0.464 e. The van der Waals surface area contributed by atoms with Crippen molar-refractivity contribution in [3.05, 3.63) is 63.6 Å². The molecule has 2 N–H and O–H groups in total. The Morgan fingerprint density at radius 2 is 1.60 bits per heavy atom. The van der Waals surface area contributed by atoms with E-state index >= 15 is 0 Å². The van der Waals surface area contributed by atoms with E-state index in [2.05, 4.69) is 26.2 Å². The number of carbonyl (C=O) groups excluding carboxylic acids is 4. The van der Waals surface area contributed by atoms with Crippen LogP contribution in [0, 0.1) is 12.8 Å². The predicted octanol–water partition coefficient (Wildman–Crippen LogP) is 5.27. The summed E-state index contributed by atoms with van der Waals surface area (Å²) < 4.78 is 21.1. The number of fused-ring (bicyclic) bond motifs is 2. The van der Waals surface area contributed by atoms with Crippen molar-refractivity contribution in [2.24, 2.45) is 5.92 Å². The molecule has 2 aromatic carbocycles. The number of amides is 4. The normalized spacial score (nSPS) is 20.9. The van der Waals surface area contributed by atoms with Crippen molar-refractivity contribution < 1.29 is 37.8 Å². The van der Waals surface area contributed by atoms with Gasteiger partial charge in [-0.3, -0.25) is 24.4 Å². The van der Waals surface area contributed by atoms with E-state index in [4.69, 9.17) is 18.6 Å². The standard InChI is InChI=1S/C29H42N4O6.C16H21N3O3.CH4/c1-20-17-22(19-25-26(20)30-29(36)39-25)18-21(2)27(34)32-10-6-23(7-11-32)33-9-3-5-24(33)28(35)38-14-4-8-31-12-15-37-16-13-31;1-22-16(21)18-9-7-13(8-10-18)19-11-6-12-4-2-3-5-14(12)17-15(19)20;/h17,19,21,23-24H,3-16,18H2,1-2H3,(H,30,36);2-5,13H,6-11H2,1H3,(H,17,20);1H4/t21-,24-;;/m1../s1. The highest BCUT2D eigenvalue weighted by molar-refractivity contribution is 5.91. The predicted molar refractivity (Wildman–Crippen MR) is 236 cm³/mol. The van der Waals surface area contributed by atoms with Crippen LogP contribution >= 0.6 is 0 Å². The number of rotatable bonds is 10. The molecular formula is C46H67N7O9. The number of H-pyrrole nitrogens is 1. The molecule has 8 rings (SSSR count). The van der Waals surface area contributed by atoms with E-state index in [-0.39, 0.29) is 49.4 Å². The Kier molecular flexibility index (Phi) is 16.5. The summed E-state index contributed by atoms with van der Waals surface area (Å²) in [6.07, 6.45) is 7.20. The van der Waals surface area contributed by atoms with Gasteiger partial charge < -0.3 is 38.6 Å². The molecule has 16 heteroatoms. The molecule has 16 nitrogen and oxygen atoms in total. The second-order valence-electron chi connectivity index (χ2n) is 17.1. The molecule has 0 bridgehead atoms. The Morgan fingerprint density at radius 3 is 2.34 bits per heavy atom. The van der Waals surface area contributed by atoms with Crippen molar-refractivity contribution in [1.82, 2.24) is 29.5 Å². The molecular weight excluding hydrogens is 795 g/mol. The van der Waals surface area contributed by atoms with Crippen molar-refractivity contribution in [2.75, 3.05) is 91.2 Å². The maximum atomic E-state index is 13.3. The maximum Gasteiger partial charge on any atom is 0.417 e. The lowest BCUT2D eigenvalue weighted by Gasteiger charge is -2.39. The third-order valence-corrected chi connectivity index (χ3v) is 13.0. The molecule has 0 unspecified atom stereocenters. The maximum absolute atomic E-state index is 13.3. The molecule has 2 atom stereocenters. The van der Waals surface area contributed by atoms with Crippen LogP contribution in [0.1, 0.15) is 76.0 Å². The number of hydrogen-bond acceptors (Lipinski definition) is 11. The van der Waals surface area contributed by atoms with Crippen molar-refractivity contribution in [1.29, 1.82) is 0 Å². The topological polar surface area (TPSA) is 170 Å². The summed E-state index contributed by atoms with van der Waals surface area (Å²) in [5, 5.41) is 3.00. The first-order valence-electron chi connectivity index (χ1n) is 22.2. The number of nitrogens with one attached hydrogen (secondary N) is 2. The van der Waals surface area contributed by atoms with Gasteiger partial charge in [0.15, 0.2) is 5.58 Å². The number of aromatic nitrogens is 1. The monoisotopic (exact) mass is 862 g/mol. The lowest BCUT2D eigenvalue weighted by Crippen LogP contribution is -2.51. The average molecular weight is 862 g/mol. The Balaban J connectivity index is 0.000000236. The summed E-state index contributed by atoms with van der Waals surface area (Å²) in [5.41, 5.74) is 5.24. The largest absolute Gasteiger partial charge is 0.464 e. The van der Waals surface area contributed by atoms with Gasteiger partial charge in [0.25, 0.3) is 0 Å². The molecule has 0 saturated carbocycles. The van der Waals surface area contributed by atoms with Crippen molar-refractivity contribution in [2.45, 2.75) is 97.2 Å². The van der Waals surface area contributed by atoms with Gasteiger partial charge in [-0.2, -0.15) is 0 Å². The molecule has 1 aromatic heterocycles. The summed E-state index contributed by atoms with van der Waals surface area (Å²) in [6, 6.07) is 12.1. The van der Waals surface area contributed by atoms with Crippen LogP contribution in [0.3, 0.4) is 0 Å². The van der Waals surface area contributed by atoms with Crippen molar-refractivity contribution in [3.8, 4) is 0 Å². The number of morpholine rings is 1. The lowest BCUT2D eigenvalue weighted by molar-refractivity contribution is -0.151. The molecule has 0 spiro atoms. The molecule has 0 aliphatic carbocycles. The van der Waals surface area contributed by atoms with E-state index in [1.165, 1.54) is 12.7 Å². The number of methoxy groups -OCH3 is 1. The van der Waals surface area contributed by atoms with Crippen LogP contribution in [-0.4, -0.2) is 157 Å². The average Bonchev–Trinajstić information content (AvgIpc) is 3.89. The molecule has 340 valence electrons. The van der Waals surface area contributed by atoms with Gasteiger partial charge in [-0.25, -0.2) is 14.4 Å². The number of piperidine rings is 2. The number of likely N-dealkylation sites (tertiary alicyclic amines) is 3. The van der Waals surface area contributed by atoms with Crippen molar-refractivity contribution in [3.63, 3.8) is 0 Å². The lowest BCUT2D eigenvalue weighted by atomic mass is 9.96. The van der Waals surface area contributed by atoms with Crippen LogP contribution < -0.4 is 11.1 Å². The first-order valence-corrected chi connectivity index (χ1v) is 22.2. The summed E-state index contributed by atoms with van der Waals surface area (Å²) in [6.45, 7) is 13.1. The minimum atomic E-state index is -0.463. The number of esters is 1. The smallest absolute Gasteiger partial charge is 0.417 e. The van der Waals surface area contributed by atoms with Gasteiger partial charge in [0.05, 0.1) is 32.4 Å². The highest BCUT2D eigenvalue weighted by atomic mass is 16.5. The van der Waals surface area contributed by atoms with E-state index in [0.717, 1.165) is 108 Å². The fourth-order valence-corrected chi connectivity index (χ4v) is 9.67. The minimum absolute atomic E-state index is 0. The SMILES string of the molecule is C.COC(=O)N1CCC(N2CCc3ccccc3NC2=O)CC1.Cc1cc(C[C@@H](C)C(=O)N2CCC(N3CCC[C@@H]3C(=O)OCCCN3CCOCC3)CC2)cc2oc(=O)[nH]c12. The Hall–Kier alpha value is -4.93. The molecule has 5 aliphatic heterocycles. The molecule has 0 radical (unpaired) electrons. The Morgan fingerprint density at radius 1 is 0.887 bits per heavy atom. The van der Waals surface area contributed by atoms with Gasteiger partial charge in [-0.1, -0.05) is 38.6 Å². The molecule has 6 heterocycles. The van der Waals surface area contributed by atoms with Crippen LogP contribution in [0.15, 0.2) is 45.6 Å². The number of anilines is 1. The molecule has 4 fully saturated rings. The molecule has 4 amide bonds. The van der Waals surface area contributed by atoms with Crippen LogP contribution in [0.5, 0.6) is 0 Å². The van der Waals surface area contributed by atoms with Gasteiger partial charge in [0.2, 0.25) is 5.91 Å². The quantitative estimate of drug-likeness (QED) is 0.201. The van der Waals surface area contributed by atoms with E-state index in [1.807, 2.05) is 54.0 Å². The Labute approximate surface area is 365 Å². The zero-order valence-corrected chi connectivity index (χ0v) is 36.0. The number of urea groups is 1. The summed E-state index contributed by atoms with van der Waals surface area (Å²) in [4.78, 5) is 74.7. The highest BCUT2D eigenvalue weighted by Gasteiger charge is 2.39. The zero-order chi connectivity index (χ0) is 42.9. The summed E-state index contributed by atoms with van der Waals surface area (Å²) >= 11 is 0. The fourth-order valence-electron chi connectivity index (χ4n) is 9.67. The molecule has 3 aromatic rings. The number of nitrogens with zero attached hydrogens (tertiary/aromatic N) is 5. The van der Waals surface area contributed by atoms with Crippen LogP contribution in [0.2, 0.25) is 0 Å².